The molecule has 4 rings (SSSR count). The van der Waals surface area contributed by atoms with E-state index in [1.807, 2.05) is 50.4 Å². The highest BCUT2D eigenvalue weighted by atomic mass is 32.2. The van der Waals surface area contributed by atoms with E-state index in [-0.39, 0.29) is 23.6 Å². The van der Waals surface area contributed by atoms with Crippen molar-refractivity contribution < 1.29 is 8.42 Å². The van der Waals surface area contributed by atoms with Gasteiger partial charge in [-0.25, -0.2) is 13.1 Å². The average molecular weight is 451 g/mol. The first-order valence-electron chi connectivity index (χ1n) is 11.1. The number of benzene rings is 2. The summed E-state index contributed by atoms with van der Waals surface area (Å²) in [6.07, 6.45) is 5.01. The fourth-order valence-corrected chi connectivity index (χ4v) is 5.59. The van der Waals surface area contributed by atoms with Crippen molar-refractivity contribution in [3.05, 3.63) is 93.9 Å². The molecule has 1 aliphatic rings. The zero-order valence-electron chi connectivity index (χ0n) is 18.8. The maximum absolute atomic E-state index is 13.4. The maximum Gasteiger partial charge on any atom is 0.254 e. The van der Waals surface area contributed by atoms with Crippen LogP contribution < -0.4 is 10.3 Å². The molecule has 0 saturated heterocycles. The van der Waals surface area contributed by atoms with Crippen molar-refractivity contribution in [1.29, 1.82) is 0 Å². The third-order valence-corrected chi connectivity index (χ3v) is 6.97. The Balaban J connectivity index is 1.78. The number of rotatable bonds is 6. The summed E-state index contributed by atoms with van der Waals surface area (Å²) in [7, 11) is -3.40. The van der Waals surface area contributed by atoms with Crippen LogP contribution >= 0.6 is 0 Å². The molecule has 1 aliphatic carbocycles. The second-order valence-electron chi connectivity index (χ2n) is 8.97. The van der Waals surface area contributed by atoms with Crippen LogP contribution in [0.25, 0.3) is 11.1 Å². The van der Waals surface area contributed by atoms with Crippen LogP contribution in [0.15, 0.2) is 71.7 Å². The molecule has 1 heterocycles. The fraction of sp³-hybridized carbons (Fsp3) is 0.346. The third-order valence-electron chi connectivity index (χ3n) is 6.24. The molecule has 0 spiro atoms. The molecule has 168 valence electrons. The zero-order valence-corrected chi connectivity index (χ0v) is 19.6. The smallest absolute Gasteiger partial charge is 0.254 e. The summed E-state index contributed by atoms with van der Waals surface area (Å²) in [6, 6.07) is 20.2. The van der Waals surface area contributed by atoms with Crippen molar-refractivity contribution >= 4 is 10.0 Å². The molecule has 1 N–H and O–H groups in total. The van der Waals surface area contributed by atoms with Crippen LogP contribution in [0.2, 0.25) is 0 Å². The molecule has 2 atom stereocenters. The molecule has 3 aromatic rings. The number of sulfonamides is 1. The van der Waals surface area contributed by atoms with Gasteiger partial charge in [-0.1, -0.05) is 54.6 Å². The predicted octanol–water partition coefficient (Wildman–Crippen LogP) is 4.29. The van der Waals surface area contributed by atoms with E-state index in [1.165, 1.54) is 6.26 Å². The molecule has 0 fully saturated rings. The molecule has 0 saturated carbocycles. The maximum atomic E-state index is 13.4. The molecule has 32 heavy (non-hydrogen) atoms. The Bertz CT molecular complexity index is 1260. The van der Waals surface area contributed by atoms with E-state index in [1.54, 1.807) is 4.57 Å². The van der Waals surface area contributed by atoms with Crippen LogP contribution in [-0.2, 0) is 22.9 Å². The first-order chi connectivity index (χ1) is 15.2. The van der Waals surface area contributed by atoms with Crippen LogP contribution in [-0.4, -0.2) is 25.3 Å². The van der Waals surface area contributed by atoms with Gasteiger partial charge in [-0.3, -0.25) is 4.79 Å². The summed E-state index contributed by atoms with van der Waals surface area (Å²) in [5.74, 6) is -0.224. The SMILES string of the molecule is CC(C)n1ccc2c(c1=O)[C@@H](Cc1cccc(-c3ccccc3)c1)[C@@H](NS(C)(=O)=O)CC2. The van der Waals surface area contributed by atoms with Crippen molar-refractivity contribution in [2.45, 2.75) is 51.1 Å². The highest BCUT2D eigenvalue weighted by molar-refractivity contribution is 7.88. The van der Waals surface area contributed by atoms with E-state index >= 15 is 0 Å². The normalized spacial score (nSPS) is 18.5. The van der Waals surface area contributed by atoms with Gasteiger partial charge < -0.3 is 4.57 Å². The van der Waals surface area contributed by atoms with Crippen molar-refractivity contribution in [3.8, 4) is 11.1 Å². The number of nitrogens with zero attached hydrogens (tertiary/aromatic N) is 1. The van der Waals surface area contributed by atoms with Crippen molar-refractivity contribution in [2.75, 3.05) is 6.26 Å². The molecule has 2 aromatic carbocycles. The minimum Gasteiger partial charge on any atom is -0.313 e. The van der Waals surface area contributed by atoms with Crippen molar-refractivity contribution in [3.63, 3.8) is 0 Å². The number of aryl methyl sites for hydroxylation is 1. The van der Waals surface area contributed by atoms with Gasteiger partial charge in [0.1, 0.15) is 0 Å². The highest BCUT2D eigenvalue weighted by Gasteiger charge is 2.34. The van der Waals surface area contributed by atoms with E-state index in [9.17, 15) is 13.2 Å². The molecule has 6 heteroatoms. The van der Waals surface area contributed by atoms with E-state index in [0.29, 0.717) is 19.3 Å². The number of hydrogen-bond donors (Lipinski definition) is 1. The largest absolute Gasteiger partial charge is 0.313 e. The molecular formula is C26H30N2O3S. The Labute approximate surface area is 190 Å². The third kappa shape index (κ3) is 4.87. The molecular weight excluding hydrogens is 420 g/mol. The Kier molecular flexibility index (Phi) is 6.35. The summed E-state index contributed by atoms with van der Waals surface area (Å²) < 4.78 is 28.8. The van der Waals surface area contributed by atoms with Gasteiger partial charge in [0.15, 0.2) is 0 Å². The van der Waals surface area contributed by atoms with E-state index < -0.39 is 10.0 Å². The molecule has 0 unspecified atom stereocenters. The van der Waals surface area contributed by atoms with Crippen LogP contribution in [0.5, 0.6) is 0 Å². The summed E-state index contributed by atoms with van der Waals surface area (Å²) in [5.41, 5.74) is 5.10. The summed E-state index contributed by atoms with van der Waals surface area (Å²) in [5, 5.41) is 0. The number of fused-ring (bicyclic) bond motifs is 1. The second-order valence-corrected chi connectivity index (χ2v) is 10.8. The molecule has 1 aromatic heterocycles. The lowest BCUT2D eigenvalue weighted by molar-refractivity contribution is 0.420. The summed E-state index contributed by atoms with van der Waals surface area (Å²) in [4.78, 5) is 13.4. The molecule has 0 radical (unpaired) electrons. The van der Waals surface area contributed by atoms with Crippen LogP contribution in [0, 0.1) is 0 Å². The highest BCUT2D eigenvalue weighted by Crippen LogP contribution is 2.34. The standard InChI is InChI=1S/C26H30N2O3S/c1-18(2)28-15-14-21-12-13-24(27-32(3,30)31)23(25(21)26(28)29)17-19-8-7-11-22(16-19)20-9-5-4-6-10-20/h4-11,14-16,18,23-24,27H,12-13,17H2,1-3H3/t23-,24-/m0/s1. The van der Waals surface area contributed by atoms with Crippen molar-refractivity contribution in [2.24, 2.45) is 0 Å². The lowest BCUT2D eigenvalue weighted by Crippen LogP contribution is -2.45. The first-order valence-corrected chi connectivity index (χ1v) is 13.0. The lowest BCUT2D eigenvalue weighted by Gasteiger charge is -2.34. The lowest BCUT2D eigenvalue weighted by atomic mass is 9.77. The van der Waals surface area contributed by atoms with E-state index in [2.05, 4.69) is 35.1 Å². The molecule has 0 aliphatic heterocycles. The first kappa shape index (κ1) is 22.5. The minimum atomic E-state index is -3.40. The van der Waals surface area contributed by atoms with Gasteiger partial charge in [-0.05, 0) is 61.4 Å². The predicted molar refractivity (Wildman–Crippen MR) is 129 cm³/mol. The van der Waals surface area contributed by atoms with E-state index in [4.69, 9.17) is 0 Å². The quantitative estimate of drug-likeness (QED) is 0.609. The van der Waals surface area contributed by atoms with E-state index in [0.717, 1.165) is 27.8 Å². The summed E-state index contributed by atoms with van der Waals surface area (Å²) >= 11 is 0. The zero-order chi connectivity index (χ0) is 22.9. The van der Waals surface area contributed by atoms with Gasteiger partial charge in [0.2, 0.25) is 10.0 Å². The van der Waals surface area contributed by atoms with Gasteiger partial charge in [-0.15, -0.1) is 0 Å². The van der Waals surface area contributed by atoms with Crippen LogP contribution in [0.4, 0.5) is 0 Å². The summed E-state index contributed by atoms with van der Waals surface area (Å²) in [6.45, 7) is 3.97. The molecule has 5 nitrogen and oxygen atoms in total. The Morgan fingerprint density at radius 2 is 1.75 bits per heavy atom. The number of pyridine rings is 1. The van der Waals surface area contributed by atoms with Gasteiger partial charge in [0, 0.05) is 29.8 Å². The van der Waals surface area contributed by atoms with Crippen LogP contribution in [0.3, 0.4) is 0 Å². The number of hydrogen-bond acceptors (Lipinski definition) is 3. The van der Waals surface area contributed by atoms with Crippen molar-refractivity contribution in [1.82, 2.24) is 9.29 Å². The molecule has 0 amide bonds. The topological polar surface area (TPSA) is 68.2 Å². The van der Waals surface area contributed by atoms with Gasteiger partial charge in [-0.2, -0.15) is 0 Å². The minimum absolute atomic E-state index is 0.0123. The monoisotopic (exact) mass is 450 g/mol. The van der Waals surface area contributed by atoms with Gasteiger partial charge >= 0.3 is 0 Å². The Morgan fingerprint density at radius 3 is 2.44 bits per heavy atom. The Morgan fingerprint density at radius 1 is 1.03 bits per heavy atom. The van der Waals surface area contributed by atoms with Gasteiger partial charge in [0.05, 0.1) is 6.26 Å². The fourth-order valence-electron chi connectivity index (χ4n) is 4.76. The average Bonchev–Trinajstić information content (AvgIpc) is 2.75. The molecule has 0 bridgehead atoms. The Hall–Kier alpha value is -2.70. The van der Waals surface area contributed by atoms with Gasteiger partial charge in [0.25, 0.3) is 5.56 Å². The number of aromatic nitrogens is 1. The number of nitrogens with one attached hydrogen (secondary N) is 1. The van der Waals surface area contributed by atoms with Crippen LogP contribution in [0.1, 0.15) is 48.9 Å². The second kappa shape index (κ2) is 9.04.